The molecule has 2 aromatic rings. The molecule has 7 heteroatoms. The van der Waals surface area contributed by atoms with E-state index in [1.807, 2.05) is 18.2 Å². The Morgan fingerprint density at radius 2 is 1.75 bits per heavy atom. The smallest absolute Gasteiger partial charge is 0.242 e. The highest BCUT2D eigenvalue weighted by Gasteiger charge is 2.26. The average Bonchev–Trinajstić information content (AvgIpc) is 2.81. The van der Waals surface area contributed by atoms with Crippen LogP contribution in [0.15, 0.2) is 42.5 Å². The van der Waals surface area contributed by atoms with Crippen LogP contribution in [-0.2, 0) is 22.6 Å². The first kappa shape index (κ1) is 23.6. The molecule has 172 valence electrons. The molecule has 1 aliphatic heterocycles. The highest BCUT2D eigenvalue weighted by atomic mass is 19.1. The summed E-state index contributed by atoms with van der Waals surface area (Å²) in [5.74, 6) is 0.737. The van der Waals surface area contributed by atoms with E-state index in [9.17, 15) is 14.0 Å². The first-order chi connectivity index (χ1) is 15.5. The summed E-state index contributed by atoms with van der Waals surface area (Å²) in [4.78, 5) is 27.4. The highest BCUT2D eigenvalue weighted by Crippen LogP contribution is 2.31. The van der Waals surface area contributed by atoms with Crippen molar-refractivity contribution in [1.29, 1.82) is 0 Å². The van der Waals surface area contributed by atoms with Gasteiger partial charge < -0.3 is 19.7 Å². The van der Waals surface area contributed by atoms with Gasteiger partial charge in [-0.3, -0.25) is 9.59 Å². The number of carbonyl (C=O) groups is 2. The van der Waals surface area contributed by atoms with E-state index in [0.717, 1.165) is 24.0 Å². The molecule has 0 saturated carbocycles. The molecule has 0 spiro atoms. The van der Waals surface area contributed by atoms with Crippen molar-refractivity contribution in [3.63, 3.8) is 0 Å². The van der Waals surface area contributed by atoms with Gasteiger partial charge in [-0.25, -0.2) is 4.39 Å². The minimum Gasteiger partial charge on any atom is -0.486 e. The number of unbranched alkanes of at least 4 members (excludes halogenated alkanes) is 1. The number of hydrogen-bond donors (Lipinski definition) is 1. The van der Waals surface area contributed by atoms with Gasteiger partial charge in [-0.1, -0.05) is 31.5 Å². The van der Waals surface area contributed by atoms with Crippen molar-refractivity contribution >= 4 is 11.8 Å². The lowest BCUT2D eigenvalue weighted by Crippen LogP contribution is -2.47. The quantitative estimate of drug-likeness (QED) is 0.568. The second-order valence-electron chi connectivity index (χ2n) is 7.95. The summed E-state index contributed by atoms with van der Waals surface area (Å²) in [5.41, 5.74) is 1.73. The van der Waals surface area contributed by atoms with Crippen LogP contribution >= 0.6 is 0 Å². The number of amides is 2. The second kappa shape index (κ2) is 11.5. The van der Waals surface area contributed by atoms with Crippen LogP contribution in [0.2, 0.25) is 0 Å². The van der Waals surface area contributed by atoms with Gasteiger partial charge in [0, 0.05) is 19.5 Å². The summed E-state index contributed by atoms with van der Waals surface area (Å²) in [6.45, 7) is 5.63. The molecule has 0 bridgehead atoms. The number of halogens is 1. The number of hydrogen-bond acceptors (Lipinski definition) is 4. The maximum Gasteiger partial charge on any atom is 0.242 e. The predicted octanol–water partition coefficient (Wildman–Crippen LogP) is 3.86. The molecule has 2 aromatic carbocycles. The summed E-state index contributed by atoms with van der Waals surface area (Å²) in [6.07, 6.45) is 2.61. The Morgan fingerprint density at radius 3 is 2.47 bits per heavy atom. The SMILES string of the molecule is CCCCNC(=O)[C@@H](C)N(Cc1ccc(F)cc1)C(=O)CCc1ccc2c(c1)OCCO2. The number of fused-ring (bicyclic) bond motifs is 1. The Hall–Kier alpha value is -3.09. The molecular weight excluding hydrogens is 411 g/mol. The summed E-state index contributed by atoms with van der Waals surface area (Å²) in [6, 6.07) is 11.0. The number of nitrogens with one attached hydrogen (secondary N) is 1. The minimum absolute atomic E-state index is 0.137. The lowest BCUT2D eigenvalue weighted by atomic mass is 10.1. The van der Waals surface area contributed by atoms with Crippen molar-refractivity contribution in [1.82, 2.24) is 10.2 Å². The fourth-order valence-electron chi connectivity index (χ4n) is 3.54. The maximum atomic E-state index is 13.3. The van der Waals surface area contributed by atoms with E-state index in [2.05, 4.69) is 12.2 Å². The molecule has 0 aliphatic carbocycles. The summed E-state index contributed by atoms with van der Waals surface area (Å²) in [5, 5.41) is 2.90. The van der Waals surface area contributed by atoms with Crippen LogP contribution in [0, 0.1) is 5.82 Å². The van der Waals surface area contributed by atoms with Gasteiger partial charge in [-0.05, 0) is 55.2 Å². The molecule has 0 fully saturated rings. The fraction of sp³-hybridized carbons (Fsp3) is 0.440. The van der Waals surface area contributed by atoms with Crippen LogP contribution in [0.1, 0.15) is 44.2 Å². The average molecular weight is 443 g/mol. The van der Waals surface area contributed by atoms with E-state index in [1.165, 1.54) is 12.1 Å². The first-order valence-corrected chi connectivity index (χ1v) is 11.2. The van der Waals surface area contributed by atoms with E-state index in [1.54, 1.807) is 24.0 Å². The normalized spacial score (nSPS) is 13.3. The van der Waals surface area contributed by atoms with E-state index >= 15 is 0 Å². The number of aryl methyl sites for hydroxylation is 1. The van der Waals surface area contributed by atoms with E-state index in [0.29, 0.717) is 37.7 Å². The van der Waals surface area contributed by atoms with Crippen molar-refractivity contribution in [2.45, 2.75) is 52.1 Å². The van der Waals surface area contributed by atoms with Gasteiger partial charge in [0.1, 0.15) is 25.1 Å². The number of rotatable bonds is 10. The molecule has 6 nitrogen and oxygen atoms in total. The van der Waals surface area contributed by atoms with E-state index < -0.39 is 6.04 Å². The number of nitrogens with zero attached hydrogens (tertiary/aromatic N) is 1. The zero-order valence-electron chi connectivity index (χ0n) is 18.7. The second-order valence-corrected chi connectivity index (χ2v) is 7.95. The largest absolute Gasteiger partial charge is 0.486 e. The zero-order valence-corrected chi connectivity index (χ0v) is 18.7. The van der Waals surface area contributed by atoms with Gasteiger partial charge in [0.05, 0.1) is 0 Å². The van der Waals surface area contributed by atoms with Crippen LogP contribution < -0.4 is 14.8 Å². The van der Waals surface area contributed by atoms with Gasteiger partial charge in [0.2, 0.25) is 11.8 Å². The summed E-state index contributed by atoms with van der Waals surface area (Å²) < 4.78 is 24.5. The monoisotopic (exact) mass is 442 g/mol. The molecule has 2 amide bonds. The fourth-order valence-corrected chi connectivity index (χ4v) is 3.54. The third-order valence-corrected chi connectivity index (χ3v) is 5.50. The lowest BCUT2D eigenvalue weighted by molar-refractivity contribution is -0.140. The molecular formula is C25H31FN2O4. The van der Waals surface area contributed by atoms with Gasteiger partial charge in [0.15, 0.2) is 11.5 Å². The third kappa shape index (κ3) is 6.45. The van der Waals surface area contributed by atoms with Crippen LogP contribution in [-0.4, -0.2) is 42.5 Å². The number of carbonyl (C=O) groups excluding carboxylic acids is 2. The molecule has 0 unspecified atom stereocenters. The molecule has 1 N–H and O–H groups in total. The van der Waals surface area contributed by atoms with E-state index in [-0.39, 0.29) is 30.6 Å². The minimum atomic E-state index is -0.635. The number of ether oxygens (including phenoxy) is 2. The van der Waals surface area contributed by atoms with Crippen molar-refractivity contribution in [2.24, 2.45) is 0 Å². The zero-order chi connectivity index (χ0) is 22.9. The Bertz CT molecular complexity index is 917. The Labute approximate surface area is 188 Å². The van der Waals surface area contributed by atoms with Crippen molar-refractivity contribution in [3.05, 3.63) is 59.4 Å². The third-order valence-electron chi connectivity index (χ3n) is 5.50. The molecule has 1 aliphatic rings. The van der Waals surface area contributed by atoms with Gasteiger partial charge in [0.25, 0.3) is 0 Å². The molecule has 3 rings (SSSR count). The van der Waals surface area contributed by atoms with Crippen LogP contribution in [0.25, 0.3) is 0 Å². The first-order valence-electron chi connectivity index (χ1n) is 11.2. The summed E-state index contributed by atoms with van der Waals surface area (Å²) in [7, 11) is 0. The van der Waals surface area contributed by atoms with Crippen molar-refractivity contribution in [3.8, 4) is 11.5 Å². The van der Waals surface area contributed by atoms with Crippen molar-refractivity contribution in [2.75, 3.05) is 19.8 Å². The van der Waals surface area contributed by atoms with Gasteiger partial charge in [-0.2, -0.15) is 0 Å². The van der Waals surface area contributed by atoms with Crippen molar-refractivity contribution < 1.29 is 23.5 Å². The Morgan fingerprint density at radius 1 is 1.06 bits per heavy atom. The van der Waals surface area contributed by atoms with E-state index in [4.69, 9.17) is 9.47 Å². The van der Waals surface area contributed by atoms with Crippen LogP contribution in [0.5, 0.6) is 11.5 Å². The Balaban J connectivity index is 1.68. The number of benzene rings is 2. The molecule has 1 atom stereocenters. The Kier molecular flexibility index (Phi) is 8.48. The van der Waals surface area contributed by atoms with Crippen LogP contribution in [0.3, 0.4) is 0 Å². The van der Waals surface area contributed by atoms with Gasteiger partial charge >= 0.3 is 0 Å². The van der Waals surface area contributed by atoms with Gasteiger partial charge in [-0.15, -0.1) is 0 Å². The topological polar surface area (TPSA) is 67.9 Å². The van der Waals surface area contributed by atoms with Crippen LogP contribution in [0.4, 0.5) is 4.39 Å². The molecule has 0 saturated heterocycles. The maximum absolute atomic E-state index is 13.3. The summed E-state index contributed by atoms with van der Waals surface area (Å²) >= 11 is 0. The molecule has 0 aromatic heterocycles. The lowest BCUT2D eigenvalue weighted by Gasteiger charge is -2.29. The molecule has 0 radical (unpaired) electrons. The molecule has 1 heterocycles. The predicted molar refractivity (Wildman–Crippen MR) is 120 cm³/mol. The highest BCUT2D eigenvalue weighted by molar-refractivity contribution is 5.87. The molecule has 32 heavy (non-hydrogen) atoms. The standard InChI is InChI=1S/C25H31FN2O4/c1-3-4-13-27-25(30)18(2)28(17-20-5-9-21(26)10-6-20)24(29)12-8-19-7-11-22-23(16-19)32-15-14-31-22/h5-7,9-11,16,18H,3-4,8,12-15,17H2,1-2H3,(H,27,30)/t18-/m1/s1.